The van der Waals surface area contributed by atoms with Crippen LogP contribution in [0.4, 0.5) is 5.13 Å². The number of rotatable bonds is 4. The number of nitrogens with one attached hydrogen (secondary N) is 1. The zero-order chi connectivity index (χ0) is 18.1. The van der Waals surface area contributed by atoms with E-state index in [2.05, 4.69) is 36.7 Å². The lowest BCUT2D eigenvalue weighted by atomic mass is 10.1. The molecular weight excluding hydrogens is 368 g/mol. The predicted octanol–water partition coefficient (Wildman–Crippen LogP) is 1.26. The number of likely N-dealkylation sites (N-methyl/N-ethyl adjacent to an activating group) is 1. The minimum atomic E-state index is 0.00600. The van der Waals surface area contributed by atoms with Crippen LogP contribution in [0.2, 0.25) is 0 Å². The Morgan fingerprint density at radius 1 is 1.27 bits per heavy atom. The Hall–Kier alpha value is -1.42. The van der Waals surface area contributed by atoms with Gasteiger partial charge in [0, 0.05) is 63.3 Å². The van der Waals surface area contributed by atoms with Gasteiger partial charge in [-0.25, -0.2) is 9.97 Å². The monoisotopic (exact) mass is 392 g/mol. The highest BCUT2D eigenvalue weighted by Gasteiger charge is 2.22. The van der Waals surface area contributed by atoms with Crippen molar-refractivity contribution in [1.82, 2.24) is 24.8 Å². The van der Waals surface area contributed by atoms with E-state index in [1.165, 1.54) is 16.6 Å². The highest BCUT2D eigenvalue weighted by Crippen LogP contribution is 2.26. The maximum absolute atomic E-state index is 12.3. The lowest BCUT2D eigenvalue weighted by molar-refractivity contribution is 0.243. The second kappa shape index (κ2) is 7.67. The second-order valence-corrected chi connectivity index (χ2v) is 8.75. The number of piperazine rings is 1. The molecule has 1 saturated heterocycles. The first-order chi connectivity index (χ1) is 12.6. The molecule has 0 aliphatic carbocycles. The van der Waals surface area contributed by atoms with Gasteiger partial charge in [-0.15, -0.1) is 11.3 Å². The first-order valence-corrected chi connectivity index (χ1v) is 10.9. The lowest BCUT2D eigenvalue weighted by Crippen LogP contribution is -2.44. The molecule has 4 heterocycles. The van der Waals surface area contributed by atoms with E-state index < -0.39 is 0 Å². The van der Waals surface area contributed by atoms with Crippen molar-refractivity contribution >= 4 is 28.2 Å². The summed E-state index contributed by atoms with van der Waals surface area (Å²) in [6.45, 7) is 6.69. The quantitative estimate of drug-likeness (QED) is 0.620. The zero-order valence-electron chi connectivity index (χ0n) is 15.2. The van der Waals surface area contributed by atoms with Crippen LogP contribution in [0.1, 0.15) is 16.1 Å². The maximum Gasteiger partial charge on any atom is 0.256 e. The van der Waals surface area contributed by atoms with Gasteiger partial charge in [0.1, 0.15) is 0 Å². The number of thioether (sulfide) groups is 1. The van der Waals surface area contributed by atoms with Crippen molar-refractivity contribution in [3.05, 3.63) is 32.7 Å². The Morgan fingerprint density at radius 3 is 2.85 bits per heavy atom. The highest BCUT2D eigenvalue weighted by molar-refractivity contribution is 7.98. The molecule has 1 N–H and O–H groups in total. The molecule has 2 aromatic rings. The molecule has 9 heteroatoms. The van der Waals surface area contributed by atoms with Crippen LogP contribution in [0, 0.1) is 0 Å². The normalized spacial score (nSPS) is 18.9. The Morgan fingerprint density at radius 2 is 2.08 bits per heavy atom. The minimum absolute atomic E-state index is 0.00600. The summed E-state index contributed by atoms with van der Waals surface area (Å²) in [5, 5.41) is 1.83. The molecule has 1 fully saturated rings. The first-order valence-electron chi connectivity index (χ1n) is 8.89. The standard InChI is InChI=1S/C17H24N6OS2/c1-21-5-7-23(8-6-21)17-18-9-12(26-17)10-22-4-3-14-13(11-22)15(24)20-16(19-14)25-2/h9H,3-8,10-11H2,1-2H3,(H,19,20,24). The van der Waals surface area contributed by atoms with Gasteiger partial charge in [0.2, 0.25) is 0 Å². The summed E-state index contributed by atoms with van der Waals surface area (Å²) in [4.78, 5) is 32.7. The van der Waals surface area contributed by atoms with Crippen LogP contribution in [0.3, 0.4) is 0 Å². The Kier molecular flexibility index (Phi) is 5.30. The summed E-state index contributed by atoms with van der Waals surface area (Å²) in [7, 11) is 2.16. The molecule has 0 spiro atoms. The van der Waals surface area contributed by atoms with Crippen LogP contribution in [-0.4, -0.2) is 70.8 Å². The van der Waals surface area contributed by atoms with Gasteiger partial charge in [-0.2, -0.15) is 0 Å². The van der Waals surface area contributed by atoms with Crippen LogP contribution < -0.4 is 10.5 Å². The Bertz CT molecular complexity index is 827. The molecule has 26 heavy (non-hydrogen) atoms. The van der Waals surface area contributed by atoms with E-state index in [1.807, 2.05) is 12.5 Å². The summed E-state index contributed by atoms with van der Waals surface area (Å²) in [5.74, 6) is 0. The molecule has 2 aromatic heterocycles. The summed E-state index contributed by atoms with van der Waals surface area (Å²) in [6.07, 6.45) is 4.76. The summed E-state index contributed by atoms with van der Waals surface area (Å²) in [5.41, 5.74) is 1.78. The molecule has 2 aliphatic rings. The molecular formula is C17H24N6OS2. The summed E-state index contributed by atoms with van der Waals surface area (Å²) in [6, 6.07) is 0. The van der Waals surface area contributed by atoms with Crippen molar-refractivity contribution in [2.24, 2.45) is 0 Å². The van der Waals surface area contributed by atoms with E-state index in [4.69, 9.17) is 0 Å². The second-order valence-electron chi connectivity index (χ2n) is 6.86. The lowest BCUT2D eigenvalue weighted by Gasteiger charge is -2.32. The molecule has 2 aliphatic heterocycles. The van der Waals surface area contributed by atoms with Crippen LogP contribution in [0.15, 0.2) is 16.1 Å². The SMILES string of the molecule is CSc1nc2c(c(=O)[nH]1)CN(Cc1cnc(N3CCN(C)CC3)s1)CC2. The van der Waals surface area contributed by atoms with E-state index in [0.29, 0.717) is 11.7 Å². The van der Waals surface area contributed by atoms with Crippen molar-refractivity contribution < 1.29 is 0 Å². The number of aromatic nitrogens is 3. The smallest absolute Gasteiger partial charge is 0.256 e. The van der Waals surface area contributed by atoms with Crippen LogP contribution in [-0.2, 0) is 19.5 Å². The fourth-order valence-corrected chi connectivity index (χ4v) is 4.82. The van der Waals surface area contributed by atoms with Crippen LogP contribution >= 0.6 is 23.1 Å². The molecule has 0 radical (unpaired) electrons. The average molecular weight is 393 g/mol. The molecule has 0 saturated carbocycles. The highest BCUT2D eigenvalue weighted by atomic mass is 32.2. The summed E-state index contributed by atoms with van der Waals surface area (Å²) >= 11 is 3.26. The third-order valence-electron chi connectivity index (χ3n) is 5.01. The molecule has 0 aromatic carbocycles. The van der Waals surface area contributed by atoms with Crippen LogP contribution in [0.5, 0.6) is 0 Å². The van der Waals surface area contributed by atoms with E-state index in [1.54, 1.807) is 11.3 Å². The number of thiazole rings is 1. The minimum Gasteiger partial charge on any atom is -0.346 e. The van der Waals surface area contributed by atoms with Gasteiger partial charge in [-0.05, 0) is 13.3 Å². The molecule has 7 nitrogen and oxygen atoms in total. The van der Waals surface area contributed by atoms with Crippen molar-refractivity contribution in [2.75, 3.05) is 50.9 Å². The third-order valence-corrected chi connectivity index (χ3v) is 6.64. The first kappa shape index (κ1) is 18.0. The Labute approximate surface area is 161 Å². The molecule has 0 bridgehead atoms. The summed E-state index contributed by atoms with van der Waals surface area (Å²) < 4.78 is 0. The molecule has 4 rings (SSSR count). The number of nitrogens with zero attached hydrogens (tertiary/aromatic N) is 5. The maximum atomic E-state index is 12.3. The van der Waals surface area contributed by atoms with E-state index in [0.717, 1.165) is 62.1 Å². The van der Waals surface area contributed by atoms with Crippen molar-refractivity contribution in [3.8, 4) is 0 Å². The fraction of sp³-hybridized carbons (Fsp3) is 0.588. The van der Waals surface area contributed by atoms with Gasteiger partial charge in [-0.3, -0.25) is 9.69 Å². The topological polar surface area (TPSA) is 68.4 Å². The third kappa shape index (κ3) is 3.80. The number of aromatic amines is 1. The Balaban J connectivity index is 1.42. The van der Waals surface area contributed by atoms with Crippen molar-refractivity contribution in [2.45, 2.75) is 24.7 Å². The predicted molar refractivity (Wildman–Crippen MR) is 106 cm³/mol. The van der Waals surface area contributed by atoms with Gasteiger partial charge in [0.05, 0.1) is 11.3 Å². The van der Waals surface area contributed by atoms with E-state index in [-0.39, 0.29) is 5.56 Å². The fourth-order valence-electron chi connectivity index (χ4n) is 3.42. The van der Waals surface area contributed by atoms with Gasteiger partial charge in [0.15, 0.2) is 10.3 Å². The van der Waals surface area contributed by atoms with Crippen molar-refractivity contribution in [1.29, 1.82) is 0 Å². The zero-order valence-corrected chi connectivity index (χ0v) is 16.8. The van der Waals surface area contributed by atoms with E-state index in [9.17, 15) is 4.79 Å². The molecule has 140 valence electrons. The number of hydrogen-bond acceptors (Lipinski definition) is 8. The van der Waals surface area contributed by atoms with Gasteiger partial charge >= 0.3 is 0 Å². The van der Waals surface area contributed by atoms with Crippen LogP contribution in [0.25, 0.3) is 0 Å². The number of anilines is 1. The number of H-pyrrole nitrogens is 1. The van der Waals surface area contributed by atoms with Crippen molar-refractivity contribution in [3.63, 3.8) is 0 Å². The molecule has 0 amide bonds. The molecule has 0 atom stereocenters. The van der Waals surface area contributed by atoms with Gasteiger partial charge < -0.3 is 14.8 Å². The average Bonchev–Trinajstić information content (AvgIpc) is 3.11. The molecule has 0 unspecified atom stereocenters. The van der Waals surface area contributed by atoms with E-state index >= 15 is 0 Å². The number of hydrogen-bond donors (Lipinski definition) is 1. The van der Waals surface area contributed by atoms with Gasteiger partial charge in [0.25, 0.3) is 5.56 Å². The number of fused-ring (bicyclic) bond motifs is 1. The largest absolute Gasteiger partial charge is 0.346 e. The van der Waals surface area contributed by atoms with Gasteiger partial charge in [-0.1, -0.05) is 11.8 Å².